The number of urea groups is 2. The van der Waals surface area contributed by atoms with Gasteiger partial charge in [-0.3, -0.25) is 9.80 Å². The van der Waals surface area contributed by atoms with Crippen molar-refractivity contribution in [3.63, 3.8) is 0 Å². The predicted octanol–water partition coefficient (Wildman–Crippen LogP) is 12.0. The number of nitrogens with one attached hydrogen (secondary N) is 2. The third-order valence-corrected chi connectivity index (χ3v) is 12.7. The van der Waals surface area contributed by atoms with Crippen LogP contribution in [0.1, 0.15) is 63.1 Å². The van der Waals surface area contributed by atoms with Crippen LogP contribution < -0.4 is 20.1 Å². The Morgan fingerprint density at radius 2 is 0.747 bits per heavy atom. The molecular formula is C55H52F12N4O8. The second kappa shape index (κ2) is 24.2. The first-order chi connectivity index (χ1) is 36.7. The summed E-state index contributed by atoms with van der Waals surface area (Å²) in [4.78, 5) is 28.3. The van der Waals surface area contributed by atoms with Gasteiger partial charge < -0.3 is 39.8 Å². The molecule has 0 aliphatic carbocycles. The maximum atomic E-state index is 13.2. The van der Waals surface area contributed by atoms with Gasteiger partial charge in [0.25, 0.3) is 0 Å². The molecule has 2 saturated heterocycles. The molecule has 4 atom stereocenters. The molecule has 0 aromatic heterocycles. The number of hydrogen-bond acceptors (Lipinski definition) is 8. The van der Waals surface area contributed by atoms with Gasteiger partial charge in [-0.1, -0.05) is 92.4 Å². The van der Waals surface area contributed by atoms with Gasteiger partial charge in [-0.15, -0.1) is 0 Å². The van der Waals surface area contributed by atoms with Crippen LogP contribution in [0, 0.1) is 0 Å². The number of benzene rings is 6. The van der Waals surface area contributed by atoms with Gasteiger partial charge in [0.2, 0.25) is 0 Å². The number of carbonyl (C=O) groups excluding carboxylic acids is 2. The van der Waals surface area contributed by atoms with Crippen molar-refractivity contribution in [2.75, 3.05) is 27.4 Å². The van der Waals surface area contributed by atoms with E-state index in [1.54, 1.807) is 109 Å². The summed E-state index contributed by atoms with van der Waals surface area (Å²) < 4.78 is 180. The standard InChI is InChI=1S/2C27H24F6N2O4.CH4/c2*1-38-22-9-7-17(8-10-22)14-35-23(36)25(34-24(35)37,19-5-3-2-4-6-19)16-39-15-18-11-20(26(28,29)30)13-21(12-18)27(31,32)33;/h2*2-13,23,36H,14-16H2,1H3,(H,34,37);1H4/t23-,25+;23-,25-;/m01./s1. The normalized spacial score (nSPS) is 19.5. The van der Waals surface area contributed by atoms with Crippen LogP contribution in [0.25, 0.3) is 0 Å². The minimum Gasteiger partial charge on any atom is -0.497 e. The van der Waals surface area contributed by atoms with Crippen molar-refractivity contribution in [1.29, 1.82) is 0 Å². The van der Waals surface area contributed by atoms with E-state index in [1.807, 2.05) is 0 Å². The summed E-state index contributed by atoms with van der Waals surface area (Å²) in [7, 11) is 3.01. The molecule has 4 N–H and O–H groups in total. The van der Waals surface area contributed by atoms with Gasteiger partial charge >= 0.3 is 36.8 Å². The maximum absolute atomic E-state index is 13.2. The van der Waals surface area contributed by atoms with Gasteiger partial charge in [-0.2, -0.15) is 52.7 Å². The zero-order valence-corrected chi connectivity index (χ0v) is 41.0. The molecule has 6 aromatic carbocycles. The molecule has 0 bridgehead atoms. The first-order valence-corrected chi connectivity index (χ1v) is 23.3. The number of halogens is 12. The van der Waals surface area contributed by atoms with E-state index < -0.39 is 109 Å². The van der Waals surface area contributed by atoms with Crippen molar-refractivity contribution in [2.45, 2.75) is 82.0 Å². The molecule has 2 fully saturated rings. The highest BCUT2D eigenvalue weighted by Crippen LogP contribution is 2.40. The van der Waals surface area contributed by atoms with E-state index in [9.17, 15) is 72.5 Å². The largest absolute Gasteiger partial charge is 0.497 e. The summed E-state index contributed by atoms with van der Waals surface area (Å²) in [5, 5.41) is 28.1. The van der Waals surface area contributed by atoms with Crippen LogP contribution >= 0.6 is 0 Å². The Bertz CT molecular complexity index is 2740. The third kappa shape index (κ3) is 14.2. The monoisotopic (exact) mass is 1120 g/mol. The fourth-order valence-electron chi connectivity index (χ4n) is 8.75. The summed E-state index contributed by atoms with van der Waals surface area (Å²) in [6, 6.07) is 31.2. The topological polar surface area (TPSA) is 142 Å². The van der Waals surface area contributed by atoms with Crippen molar-refractivity contribution < 1.29 is 91.4 Å². The molecule has 8 rings (SSSR count). The van der Waals surface area contributed by atoms with Gasteiger partial charge in [0.05, 0.1) is 76.0 Å². The summed E-state index contributed by atoms with van der Waals surface area (Å²) >= 11 is 0. The highest BCUT2D eigenvalue weighted by atomic mass is 19.4. The Hall–Kier alpha value is -7.54. The van der Waals surface area contributed by atoms with Crippen LogP contribution in [0.2, 0.25) is 0 Å². The minimum atomic E-state index is -5.00. The quantitative estimate of drug-likeness (QED) is 0.0702. The summed E-state index contributed by atoms with van der Waals surface area (Å²) in [6.45, 7) is -2.14. The third-order valence-electron chi connectivity index (χ3n) is 12.7. The van der Waals surface area contributed by atoms with Crippen LogP contribution in [-0.4, -0.2) is 72.0 Å². The molecule has 0 saturated carbocycles. The highest BCUT2D eigenvalue weighted by molar-refractivity contribution is 5.79. The van der Waals surface area contributed by atoms with Crippen molar-refractivity contribution in [1.82, 2.24) is 20.4 Å². The first-order valence-electron chi connectivity index (χ1n) is 23.3. The molecule has 12 nitrogen and oxygen atoms in total. The number of amides is 4. The van der Waals surface area contributed by atoms with Crippen LogP contribution in [0.5, 0.6) is 11.5 Å². The van der Waals surface area contributed by atoms with Crippen molar-refractivity contribution in [3.8, 4) is 11.5 Å². The van der Waals surface area contributed by atoms with E-state index >= 15 is 0 Å². The average Bonchev–Trinajstić information content (AvgIpc) is 4.08. The number of aliphatic hydroxyl groups is 2. The molecule has 4 amide bonds. The molecule has 0 spiro atoms. The Balaban J connectivity index is 0.000000252. The summed E-state index contributed by atoms with van der Waals surface area (Å²) in [6.07, 6.45) is -23.0. The van der Waals surface area contributed by atoms with E-state index in [4.69, 9.17) is 18.9 Å². The van der Waals surface area contributed by atoms with Crippen LogP contribution in [0.3, 0.4) is 0 Å². The van der Waals surface area contributed by atoms with E-state index in [2.05, 4.69) is 10.6 Å². The molecule has 6 aromatic rings. The number of rotatable bonds is 16. The minimum absolute atomic E-state index is 0. The molecule has 24 heteroatoms. The summed E-state index contributed by atoms with van der Waals surface area (Å²) in [5.74, 6) is 1.20. The van der Waals surface area contributed by atoms with Gasteiger partial charge in [-0.05, 0) is 94.0 Å². The zero-order chi connectivity index (χ0) is 56.8. The molecule has 0 radical (unpaired) electrons. The summed E-state index contributed by atoms with van der Waals surface area (Å²) in [5.41, 5.74) is -7.48. The SMILES string of the molecule is C.COc1ccc(CN2C(=O)N[C@](COCc3cc(C(F)(F)F)cc(C(F)(F)F)c3)(c3ccccc3)[C@@H]2O)cc1.COc1ccc(CN2C(=O)N[C@](COCc3cc(C(F)(F)F)cc(C(F)(F)F)c3)(c3ccccc3)[C@H]2O)cc1. The maximum Gasteiger partial charge on any atom is 0.416 e. The smallest absolute Gasteiger partial charge is 0.416 e. The second-order valence-corrected chi connectivity index (χ2v) is 18.0. The van der Waals surface area contributed by atoms with Crippen LogP contribution in [0.15, 0.2) is 146 Å². The molecule has 2 heterocycles. The molecule has 0 unspecified atom stereocenters. The van der Waals surface area contributed by atoms with E-state index in [1.165, 1.54) is 14.2 Å². The lowest BCUT2D eigenvalue weighted by atomic mass is 9.89. The Labute approximate surface area is 445 Å². The van der Waals surface area contributed by atoms with Crippen LogP contribution in [0.4, 0.5) is 62.3 Å². The van der Waals surface area contributed by atoms with Crippen molar-refractivity contribution >= 4 is 12.1 Å². The van der Waals surface area contributed by atoms with Gasteiger partial charge in [-0.25, -0.2) is 9.59 Å². The fraction of sp³-hybridized carbons (Fsp3) is 0.309. The molecule has 79 heavy (non-hydrogen) atoms. The average molecular weight is 1130 g/mol. The number of nitrogens with zero attached hydrogens (tertiary/aromatic N) is 2. The highest BCUT2D eigenvalue weighted by Gasteiger charge is 2.54. The number of carbonyl (C=O) groups is 2. The van der Waals surface area contributed by atoms with Crippen molar-refractivity contribution in [3.05, 3.63) is 201 Å². The lowest BCUT2D eigenvalue weighted by molar-refractivity contribution is -0.144. The van der Waals surface area contributed by atoms with Crippen molar-refractivity contribution in [2.24, 2.45) is 0 Å². The lowest BCUT2D eigenvalue weighted by Crippen LogP contribution is -2.50. The van der Waals surface area contributed by atoms with Gasteiger partial charge in [0, 0.05) is 0 Å². The van der Waals surface area contributed by atoms with E-state index in [-0.39, 0.29) is 43.8 Å². The molecule has 424 valence electrons. The number of alkyl halides is 12. The zero-order valence-electron chi connectivity index (χ0n) is 41.0. The predicted molar refractivity (Wildman–Crippen MR) is 261 cm³/mol. The number of aliphatic hydroxyl groups excluding tert-OH is 2. The molecular weight excluding hydrogens is 1070 g/mol. The fourth-order valence-corrected chi connectivity index (χ4v) is 8.75. The number of hydrogen-bond donors (Lipinski definition) is 4. The van der Waals surface area contributed by atoms with Crippen LogP contribution in [-0.2, 0) is 71.6 Å². The molecule has 2 aliphatic heterocycles. The van der Waals surface area contributed by atoms with Gasteiger partial charge in [0.1, 0.15) is 22.6 Å². The Morgan fingerprint density at radius 3 is 1.01 bits per heavy atom. The Morgan fingerprint density at radius 1 is 0.456 bits per heavy atom. The second-order valence-electron chi connectivity index (χ2n) is 18.0. The van der Waals surface area contributed by atoms with Gasteiger partial charge in [0.15, 0.2) is 12.5 Å². The Kier molecular flexibility index (Phi) is 18.6. The lowest BCUT2D eigenvalue weighted by Gasteiger charge is -2.33. The number of methoxy groups -OCH3 is 2. The number of ether oxygens (including phenoxy) is 4. The first kappa shape index (κ1) is 60.7. The molecule has 2 aliphatic rings. The van der Waals surface area contributed by atoms with E-state index in [0.29, 0.717) is 58.0 Å². The van der Waals surface area contributed by atoms with E-state index in [0.717, 1.165) is 9.80 Å².